The summed E-state index contributed by atoms with van der Waals surface area (Å²) in [6.07, 6.45) is 1.80. The average Bonchev–Trinajstić information content (AvgIpc) is 3.47. The van der Waals surface area contributed by atoms with Gasteiger partial charge in [-0.1, -0.05) is 18.2 Å². The smallest absolute Gasteiger partial charge is 0.256 e. The van der Waals surface area contributed by atoms with E-state index in [-0.39, 0.29) is 10.8 Å². The second-order valence-corrected chi connectivity index (χ2v) is 10.9. The van der Waals surface area contributed by atoms with Crippen molar-refractivity contribution in [2.45, 2.75) is 28.4 Å². The van der Waals surface area contributed by atoms with Crippen LogP contribution in [-0.2, 0) is 15.8 Å². The zero-order valence-corrected chi connectivity index (χ0v) is 18.7. The second kappa shape index (κ2) is 9.34. The molecule has 30 heavy (non-hydrogen) atoms. The standard InChI is InChI=1S/C22H22N2O3S3/c25-22(20-7-1-2-8-21(20)29-16-18-6-5-15-28-18)23-17-9-11-19(12-10-17)30(26,27)24-13-3-4-14-24/h1-2,5-12,15H,3-4,13-14,16H2,(H,23,25). The maximum absolute atomic E-state index is 12.8. The molecule has 0 unspecified atom stereocenters. The number of hydrogen-bond donors (Lipinski definition) is 1. The van der Waals surface area contributed by atoms with Crippen LogP contribution in [0.2, 0.25) is 0 Å². The third-order valence-corrected chi connectivity index (χ3v) is 8.99. The molecule has 156 valence electrons. The summed E-state index contributed by atoms with van der Waals surface area (Å²) in [6.45, 7) is 1.14. The van der Waals surface area contributed by atoms with Crippen molar-refractivity contribution in [2.75, 3.05) is 18.4 Å². The van der Waals surface area contributed by atoms with Crippen LogP contribution in [0.3, 0.4) is 0 Å². The molecule has 0 saturated carbocycles. The van der Waals surface area contributed by atoms with Gasteiger partial charge in [-0.25, -0.2) is 8.42 Å². The Morgan fingerprint density at radius 3 is 2.43 bits per heavy atom. The first-order valence-electron chi connectivity index (χ1n) is 9.70. The van der Waals surface area contributed by atoms with Gasteiger partial charge in [-0.15, -0.1) is 23.1 Å². The molecule has 0 bridgehead atoms. The highest BCUT2D eigenvalue weighted by Crippen LogP contribution is 2.29. The molecule has 1 fully saturated rings. The number of amides is 1. The van der Waals surface area contributed by atoms with Crippen molar-refractivity contribution in [1.29, 1.82) is 0 Å². The van der Waals surface area contributed by atoms with Crippen LogP contribution in [0.4, 0.5) is 5.69 Å². The van der Waals surface area contributed by atoms with Gasteiger partial charge in [0.05, 0.1) is 10.5 Å². The summed E-state index contributed by atoms with van der Waals surface area (Å²) >= 11 is 3.33. The van der Waals surface area contributed by atoms with E-state index < -0.39 is 10.0 Å². The van der Waals surface area contributed by atoms with Crippen LogP contribution in [0.15, 0.2) is 75.8 Å². The highest BCUT2D eigenvalue weighted by Gasteiger charge is 2.27. The molecule has 2 heterocycles. The van der Waals surface area contributed by atoms with Crippen LogP contribution in [0.1, 0.15) is 28.1 Å². The first-order chi connectivity index (χ1) is 14.5. The van der Waals surface area contributed by atoms with E-state index in [1.807, 2.05) is 29.6 Å². The lowest BCUT2D eigenvalue weighted by Gasteiger charge is -2.16. The van der Waals surface area contributed by atoms with Crippen LogP contribution in [-0.4, -0.2) is 31.7 Å². The maximum atomic E-state index is 12.8. The minimum atomic E-state index is -3.45. The van der Waals surface area contributed by atoms with Crippen molar-refractivity contribution in [1.82, 2.24) is 4.31 Å². The average molecular weight is 459 g/mol. The molecular formula is C22H22N2O3S3. The number of hydrogen-bond acceptors (Lipinski definition) is 5. The number of benzene rings is 2. The summed E-state index contributed by atoms with van der Waals surface area (Å²) in [5.41, 5.74) is 1.17. The van der Waals surface area contributed by atoms with E-state index in [0.717, 1.165) is 23.5 Å². The van der Waals surface area contributed by atoms with Gasteiger partial charge >= 0.3 is 0 Å². The molecular weight excluding hydrogens is 436 g/mol. The molecule has 1 aliphatic heterocycles. The molecule has 8 heteroatoms. The van der Waals surface area contributed by atoms with Crippen LogP contribution in [0.25, 0.3) is 0 Å². The Kier molecular flexibility index (Phi) is 6.58. The number of nitrogens with zero attached hydrogens (tertiary/aromatic N) is 1. The lowest BCUT2D eigenvalue weighted by molar-refractivity contribution is 0.102. The Balaban J connectivity index is 1.45. The molecule has 1 N–H and O–H groups in total. The van der Waals surface area contributed by atoms with E-state index in [2.05, 4.69) is 11.4 Å². The minimum absolute atomic E-state index is 0.209. The van der Waals surface area contributed by atoms with Crippen molar-refractivity contribution in [3.8, 4) is 0 Å². The highest BCUT2D eigenvalue weighted by molar-refractivity contribution is 7.98. The molecule has 0 spiro atoms. The third kappa shape index (κ3) is 4.78. The first-order valence-corrected chi connectivity index (χ1v) is 13.0. The van der Waals surface area contributed by atoms with E-state index >= 15 is 0 Å². The van der Waals surface area contributed by atoms with Crippen molar-refractivity contribution >= 4 is 44.7 Å². The fraction of sp³-hybridized carbons (Fsp3) is 0.227. The van der Waals surface area contributed by atoms with Crippen molar-refractivity contribution in [2.24, 2.45) is 0 Å². The molecule has 1 aliphatic rings. The van der Waals surface area contributed by atoms with Gasteiger partial charge in [-0.2, -0.15) is 4.31 Å². The minimum Gasteiger partial charge on any atom is -0.322 e. The quantitative estimate of drug-likeness (QED) is 0.502. The lowest BCUT2D eigenvalue weighted by Crippen LogP contribution is -2.27. The zero-order valence-electron chi connectivity index (χ0n) is 16.3. The molecule has 0 aliphatic carbocycles. The number of carbonyl (C=O) groups is 1. The van der Waals surface area contributed by atoms with Crippen LogP contribution < -0.4 is 5.32 Å². The Bertz CT molecular complexity index is 1100. The molecule has 1 aromatic heterocycles. The Labute approximate surface area is 185 Å². The fourth-order valence-electron chi connectivity index (χ4n) is 3.31. The second-order valence-electron chi connectivity index (χ2n) is 6.95. The molecule has 0 radical (unpaired) electrons. The van der Waals surface area contributed by atoms with E-state index in [1.165, 1.54) is 9.18 Å². The van der Waals surface area contributed by atoms with Gasteiger partial charge in [0.15, 0.2) is 0 Å². The summed E-state index contributed by atoms with van der Waals surface area (Å²) in [4.78, 5) is 15.3. The Morgan fingerprint density at radius 1 is 1.00 bits per heavy atom. The van der Waals surface area contributed by atoms with E-state index in [0.29, 0.717) is 24.3 Å². The van der Waals surface area contributed by atoms with Gasteiger partial charge in [0.1, 0.15) is 0 Å². The maximum Gasteiger partial charge on any atom is 0.256 e. The first kappa shape index (κ1) is 21.1. The molecule has 5 nitrogen and oxygen atoms in total. The molecule has 3 aromatic rings. The monoisotopic (exact) mass is 458 g/mol. The Morgan fingerprint density at radius 2 is 1.73 bits per heavy atom. The molecule has 4 rings (SSSR count). The molecule has 1 saturated heterocycles. The number of nitrogens with one attached hydrogen (secondary N) is 1. The number of sulfonamides is 1. The molecule has 1 amide bonds. The van der Waals surface area contributed by atoms with Crippen LogP contribution in [0.5, 0.6) is 0 Å². The number of carbonyl (C=O) groups excluding carboxylic acids is 1. The summed E-state index contributed by atoms with van der Waals surface area (Å²) < 4.78 is 26.8. The predicted molar refractivity (Wildman–Crippen MR) is 123 cm³/mol. The van der Waals surface area contributed by atoms with Gasteiger partial charge in [0.25, 0.3) is 5.91 Å². The van der Waals surface area contributed by atoms with Gasteiger partial charge < -0.3 is 5.32 Å². The van der Waals surface area contributed by atoms with Crippen molar-refractivity contribution in [3.05, 3.63) is 76.5 Å². The summed E-state index contributed by atoms with van der Waals surface area (Å²) in [5, 5.41) is 4.93. The van der Waals surface area contributed by atoms with E-state index in [4.69, 9.17) is 0 Å². The van der Waals surface area contributed by atoms with Gasteiger partial charge in [0.2, 0.25) is 10.0 Å². The number of thiophene rings is 1. The largest absolute Gasteiger partial charge is 0.322 e. The summed E-state index contributed by atoms with van der Waals surface area (Å²) in [5.74, 6) is 0.602. The summed E-state index contributed by atoms with van der Waals surface area (Å²) in [6, 6.07) is 18.0. The van der Waals surface area contributed by atoms with Gasteiger partial charge in [0, 0.05) is 34.3 Å². The zero-order chi connectivity index (χ0) is 21.0. The molecule has 2 aromatic carbocycles. The van der Waals surface area contributed by atoms with Crippen molar-refractivity contribution in [3.63, 3.8) is 0 Å². The van der Waals surface area contributed by atoms with Crippen LogP contribution in [0, 0.1) is 0 Å². The van der Waals surface area contributed by atoms with Gasteiger partial charge in [-0.3, -0.25) is 4.79 Å². The lowest BCUT2D eigenvalue weighted by atomic mass is 10.2. The van der Waals surface area contributed by atoms with Crippen molar-refractivity contribution < 1.29 is 13.2 Å². The number of anilines is 1. The van der Waals surface area contributed by atoms with Crippen LogP contribution >= 0.6 is 23.1 Å². The Hall–Kier alpha value is -2.13. The topological polar surface area (TPSA) is 66.5 Å². The third-order valence-electron chi connectivity index (χ3n) is 4.90. The SMILES string of the molecule is O=C(Nc1ccc(S(=O)(=O)N2CCCC2)cc1)c1ccccc1SCc1cccs1. The fourth-order valence-corrected chi connectivity index (χ4v) is 6.65. The molecule has 0 atom stereocenters. The summed E-state index contributed by atoms with van der Waals surface area (Å²) in [7, 11) is -3.45. The normalized spacial score (nSPS) is 14.7. The number of rotatable bonds is 7. The van der Waals surface area contributed by atoms with E-state index in [9.17, 15) is 13.2 Å². The number of thioether (sulfide) groups is 1. The highest BCUT2D eigenvalue weighted by atomic mass is 32.2. The van der Waals surface area contributed by atoms with Gasteiger partial charge in [-0.05, 0) is 60.7 Å². The van der Waals surface area contributed by atoms with E-state index in [1.54, 1.807) is 53.4 Å². The predicted octanol–water partition coefficient (Wildman–Crippen LogP) is 5.08.